The lowest BCUT2D eigenvalue weighted by Gasteiger charge is -2.38. The molecule has 3 aliphatic rings. The van der Waals surface area contributed by atoms with Crippen LogP contribution in [0, 0.1) is 23.7 Å². The zero-order valence-corrected chi connectivity index (χ0v) is 51.2. The van der Waals surface area contributed by atoms with Crippen molar-refractivity contribution in [2.75, 3.05) is 87.4 Å². The molecule has 0 amide bonds. The van der Waals surface area contributed by atoms with Crippen molar-refractivity contribution in [3.8, 4) is 0 Å². The van der Waals surface area contributed by atoms with Gasteiger partial charge in [-0.05, 0) is 129 Å². The lowest BCUT2D eigenvalue weighted by Crippen LogP contribution is -2.54. The SMILES string of the molecule is CC.CC.CC1CCOC(C)C1.CO.COC(c1ccc(SCC2CCOCC2)cc1)C(CF)N(N)/C=C(\N)CCN(C)C1CC(C)OC(O)C1.COC[C@@](C)(O)C(O)C(C)N(C)C[C@H](C)CC(O)CCCC(C)C=O. The van der Waals surface area contributed by atoms with Gasteiger partial charge in [0.25, 0.3) is 0 Å². The standard InChI is InChI=1S/C27H45FN4O4S.C19H39NO5.C7H14O.2C2H6.CH4O/c1-19-14-23(15-26(33)36-19)31(2)11-8-22(29)17-32(30)25(16-28)27(34-3)21-4-6-24(7-5-21)37-18-20-9-12-35-13-10-20;1-14(12-21)8-7-9-17(22)10-15(2)11-20(5)16(3)18(23)19(4,24)13-25-6;1-6-3-4-8-7(2)5-6;3*1-2/h4-7,17,19-20,23,25-27,33H,8-16,18,29-30H2,1-3H3;12,14-18,22-24H,7-11,13H2,1-6H3;6-7H,3-5H2,1-2H3;2*1-2H3;2H,1H3/b22-17-;;;;;/t;14?,15-,16?,17?,18?,19-;;;;/m.1..../s1. The molecule has 0 bridgehead atoms. The van der Waals surface area contributed by atoms with Crippen molar-refractivity contribution in [3.63, 3.8) is 0 Å². The first-order valence-corrected chi connectivity index (χ1v) is 29.3. The summed E-state index contributed by atoms with van der Waals surface area (Å²) in [6.07, 6.45) is 10.3. The van der Waals surface area contributed by atoms with Crippen LogP contribution in [0.3, 0.4) is 0 Å². The van der Waals surface area contributed by atoms with Gasteiger partial charge in [-0.15, -0.1) is 11.8 Å². The summed E-state index contributed by atoms with van der Waals surface area (Å²) in [4.78, 5) is 16.0. The molecule has 4 rings (SSSR count). The van der Waals surface area contributed by atoms with Gasteiger partial charge in [-0.3, -0.25) is 0 Å². The number of hydrazine groups is 1. The van der Waals surface area contributed by atoms with Gasteiger partial charge in [0, 0.05) is 108 Å². The van der Waals surface area contributed by atoms with Gasteiger partial charge in [0.05, 0.1) is 31.0 Å². The Labute approximate surface area is 466 Å². The van der Waals surface area contributed by atoms with Gasteiger partial charge in [-0.25, -0.2) is 10.2 Å². The summed E-state index contributed by atoms with van der Waals surface area (Å²) in [6.45, 7) is 25.3. The van der Waals surface area contributed by atoms with E-state index in [1.807, 2.05) is 91.4 Å². The number of hydrogen-bond acceptors (Lipinski definition) is 17. The number of aldehydes is 1. The Kier molecular flexibility index (Phi) is 44.7. The van der Waals surface area contributed by atoms with E-state index in [-0.39, 0.29) is 42.7 Å². The molecular formula is C58H114FN5O11S. The summed E-state index contributed by atoms with van der Waals surface area (Å²) in [7, 11) is 7.99. The van der Waals surface area contributed by atoms with Gasteiger partial charge < -0.3 is 74.6 Å². The van der Waals surface area contributed by atoms with Gasteiger partial charge in [-0.1, -0.05) is 67.0 Å². The summed E-state index contributed by atoms with van der Waals surface area (Å²) in [5.74, 6) is 9.23. The van der Waals surface area contributed by atoms with E-state index in [0.29, 0.717) is 56.5 Å². The third kappa shape index (κ3) is 32.3. The van der Waals surface area contributed by atoms with Crippen molar-refractivity contribution in [1.29, 1.82) is 0 Å². The molecule has 76 heavy (non-hydrogen) atoms. The summed E-state index contributed by atoms with van der Waals surface area (Å²) in [5, 5.41) is 49.0. The number of alkyl halides is 1. The normalized spacial score (nSPS) is 23.5. The van der Waals surface area contributed by atoms with E-state index in [2.05, 4.69) is 37.8 Å². The topological polar surface area (TPSA) is 226 Å². The number of nitrogens with zero attached hydrogens (tertiary/aromatic N) is 3. The number of halogens is 1. The summed E-state index contributed by atoms with van der Waals surface area (Å²) in [6, 6.07) is 7.37. The molecule has 3 aliphatic heterocycles. The Morgan fingerprint density at radius 2 is 1.57 bits per heavy atom. The quantitative estimate of drug-likeness (QED) is 0.0190. The first-order valence-electron chi connectivity index (χ1n) is 28.4. The average Bonchev–Trinajstić information content (AvgIpc) is 3.40. The molecule has 0 aromatic heterocycles. The van der Waals surface area contributed by atoms with Crippen molar-refractivity contribution >= 4 is 18.0 Å². The van der Waals surface area contributed by atoms with E-state index in [9.17, 15) is 29.6 Å². The van der Waals surface area contributed by atoms with Crippen molar-refractivity contribution in [3.05, 3.63) is 41.7 Å². The minimum Gasteiger partial charge on any atom is -0.401 e. The first-order chi connectivity index (χ1) is 36.1. The Hall–Kier alpha value is -2.01. The lowest BCUT2D eigenvalue weighted by atomic mass is 9.92. The van der Waals surface area contributed by atoms with Crippen LogP contribution in [0.25, 0.3) is 0 Å². The third-order valence-corrected chi connectivity index (χ3v) is 15.3. The third-order valence-electron chi connectivity index (χ3n) is 14.0. The fourth-order valence-electron chi connectivity index (χ4n) is 9.42. The van der Waals surface area contributed by atoms with Crippen LogP contribution < -0.4 is 11.6 Å². The maximum absolute atomic E-state index is 14.2. The van der Waals surface area contributed by atoms with Crippen LogP contribution in [-0.2, 0) is 28.5 Å². The Morgan fingerprint density at radius 1 is 0.947 bits per heavy atom. The molecule has 18 heteroatoms. The molecule has 3 saturated heterocycles. The molecule has 3 fully saturated rings. The maximum atomic E-state index is 14.2. The molecule has 11 unspecified atom stereocenters. The van der Waals surface area contributed by atoms with Gasteiger partial charge in [0.1, 0.15) is 30.7 Å². The van der Waals surface area contributed by atoms with Gasteiger partial charge in [-0.2, -0.15) is 0 Å². The van der Waals surface area contributed by atoms with Crippen LogP contribution in [-0.4, -0.2) is 188 Å². The molecule has 0 spiro atoms. The fraction of sp³-hybridized carbons (Fsp3) is 0.845. The number of aliphatic hydroxyl groups is 5. The van der Waals surface area contributed by atoms with Gasteiger partial charge in [0.2, 0.25) is 0 Å². The number of nitrogens with two attached hydrogens (primary N) is 2. The van der Waals surface area contributed by atoms with E-state index in [1.54, 1.807) is 20.2 Å². The van der Waals surface area contributed by atoms with E-state index >= 15 is 0 Å². The number of thioether (sulfide) groups is 1. The number of benzene rings is 1. The highest BCUT2D eigenvalue weighted by Crippen LogP contribution is 2.30. The zero-order valence-electron chi connectivity index (χ0n) is 50.4. The predicted molar refractivity (Wildman–Crippen MR) is 309 cm³/mol. The number of ether oxygens (including phenoxy) is 5. The van der Waals surface area contributed by atoms with Crippen molar-refractivity contribution in [2.45, 2.75) is 212 Å². The van der Waals surface area contributed by atoms with Crippen LogP contribution in [0.2, 0.25) is 0 Å². The monoisotopic (exact) mass is 1110 g/mol. The molecule has 0 saturated carbocycles. The smallest absolute Gasteiger partial charge is 0.156 e. The summed E-state index contributed by atoms with van der Waals surface area (Å²) >= 11 is 1.85. The highest BCUT2D eigenvalue weighted by Gasteiger charge is 2.36. The number of hydrogen-bond donors (Lipinski definition) is 7. The van der Waals surface area contributed by atoms with E-state index < -0.39 is 36.8 Å². The van der Waals surface area contributed by atoms with Gasteiger partial charge in [0.15, 0.2) is 6.29 Å². The van der Waals surface area contributed by atoms with E-state index in [0.717, 1.165) is 82.6 Å². The highest BCUT2D eigenvalue weighted by molar-refractivity contribution is 7.99. The maximum Gasteiger partial charge on any atom is 0.156 e. The number of likely N-dealkylation sites (N-methyl/N-ethyl adjacent to an activating group) is 1. The molecule has 13 atom stereocenters. The minimum atomic E-state index is -1.31. The first kappa shape index (κ1) is 76.1. The van der Waals surface area contributed by atoms with E-state index in [1.165, 1.54) is 29.9 Å². The number of carbonyl (C=O) groups is 1. The molecule has 0 aliphatic carbocycles. The minimum absolute atomic E-state index is 0.0135. The second-order valence-electron chi connectivity index (χ2n) is 21.0. The second-order valence-corrected chi connectivity index (χ2v) is 22.1. The summed E-state index contributed by atoms with van der Waals surface area (Å²) < 4.78 is 41.1. The van der Waals surface area contributed by atoms with Crippen molar-refractivity contribution in [1.82, 2.24) is 14.8 Å². The second kappa shape index (κ2) is 44.7. The van der Waals surface area contributed by atoms with Crippen LogP contribution in [0.4, 0.5) is 4.39 Å². The van der Waals surface area contributed by atoms with Crippen LogP contribution >= 0.6 is 11.8 Å². The molecule has 16 nitrogen and oxygen atoms in total. The number of aliphatic hydroxyl groups excluding tert-OH is 4. The Morgan fingerprint density at radius 3 is 2.08 bits per heavy atom. The molecule has 3 heterocycles. The van der Waals surface area contributed by atoms with Crippen LogP contribution in [0.1, 0.15) is 158 Å². The molecule has 1 aromatic carbocycles. The average molecular weight is 1110 g/mol. The predicted octanol–water partition coefficient (Wildman–Crippen LogP) is 8.35. The van der Waals surface area contributed by atoms with Crippen LogP contribution in [0.15, 0.2) is 41.1 Å². The molecule has 1 aromatic rings. The largest absolute Gasteiger partial charge is 0.401 e. The van der Waals surface area contributed by atoms with E-state index in [4.69, 9.17) is 40.4 Å². The highest BCUT2D eigenvalue weighted by atomic mass is 32.2. The van der Waals surface area contributed by atoms with Crippen molar-refractivity contribution < 1.29 is 58.4 Å². The zero-order chi connectivity index (χ0) is 58.4. The lowest BCUT2D eigenvalue weighted by molar-refractivity contribution is -0.173. The summed E-state index contributed by atoms with van der Waals surface area (Å²) in [5.41, 5.74) is 6.38. The van der Waals surface area contributed by atoms with Gasteiger partial charge >= 0.3 is 0 Å². The Balaban J connectivity index is 0. The number of rotatable bonds is 27. The number of methoxy groups -OCH3 is 2. The molecule has 9 N–H and O–H groups in total. The molecule has 450 valence electrons. The molecule has 0 radical (unpaired) electrons. The fourth-order valence-corrected chi connectivity index (χ4v) is 10.5. The Bertz CT molecular complexity index is 1540. The molecular weight excluding hydrogens is 994 g/mol. The number of carbonyl (C=O) groups excluding carboxylic acids is 1. The van der Waals surface area contributed by atoms with Crippen molar-refractivity contribution in [2.24, 2.45) is 35.2 Å². The van der Waals surface area contributed by atoms with Crippen LogP contribution in [0.5, 0.6) is 0 Å².